The second-order valence-electron chi connectivity index (χ2n) is 4.55. The fourth-order valence-corrected chi connectivity index (χ4v) is 1.96. The van der Waals surface area contributed by atoms with Crippen molar-refractivity contribution in [2.24, 2.45) is 0 Å². The van der Waals surface area contributed by atoms with Crippen LogP contribution < -0.4 is 15.4 Å². The molecule has 3 N–H and O–H groups in total. The molecule has 0 aliphatic rings. The Morgan fingerprint density at radius 2 is 2.21 bits per heavy atom. The molecule has 1 aromatic rings. The van der Waals surface area contributed by atoms with Gasteiger partial charge < -0.3 is 15.2 Å². The molecule has 0 unspecified atom stereocenters. The highest BCUT2D eigenvalue weighted by molar-refractivity contribution is 7.17. The van der Waals surface area contributed by atoms with Gasteiger partial charge in [-0.05, 0) is 20.3 Å². The van der Waals surface area contributed by atoms with Crippen molar-refractivity contribution in [3.05, 3.63) is 6.20 Å². The van der Waals surface area contributed by atoms with E-state index in [0.717, 1.165) is 0 Å². The molecule has 0 saturated carbocycles. The monoisotopic (exact) mass is 287 g/mol. The van der Waals surface area contributed by atoms with Crippen LogP contribution in [-0.4, -0.2) is 34.7 Å². The van der Waals surface area contributed by atoms with E-state index in [4.69, 9.17) is 9.84 Å². The Bertz CT molecular complexity index is 459. The number of anilines is 1. The Balaban J connectivity index is 2.47. The van der Waals surface area contributed by atoms with Crippen LogP contribution in [0.4, 0.5) is 9.93 Å². The topological polar surface area (TPSA) is 101 Å². The molecular weight excluding hydrogens is 270 g/mol. The predicted octanol–water partition coefficient (Wildman–Crippen LogP) is 1.92. The lowest BCUT2D eigenvalue weighted by Crippen LogP contribution is -2.45. The fraction of sp³-hybridized carbons (Fsp3) is 0.545. The van der Waals surface area contributed by atoms with E-state index in [9.17, 15) is 9.59 Å². The zero-order valence-corrected chi connectivity index (χ0v) is 11.8. The lowest BCUT2D eigenvalue weighted by molar-refractivity contribution is -0.137. The number of nitrogens with one attached hydrogen (secondary N) is 2. The predicted molar refractivity (Wildman–Crippen MR) is 71.8 cm³/mol. The standard InChI is InChI=1S/C11H17N3O4S/c1-11(2,5-4-7(15)16)14-9(17)13-10-12-6-8(18-3)19-10/h6H,4-5H2,1-3H3,(H,15,16)(H2,12,13,14,17). The summed E-state index contributed by atoms with van der Waals surface area (Å²) in [5.41, 5.74) is -0.607. The van der Waals surface area contributed by atoms with Gasteiger partial charge in [0.05, 0.1) is 13.3 Å². The highest BCUT2D eigenvalue weighted by Crippen LogP contribution is 2.24. The summed E-state index contributed by atoms with van der Waals surface area (Å²) in [4.78, 5) is 26.2. The first-order chi connectivity index (χ1) is 8.82. The lowest BCUT2D eigenvalue weighted by Gasteiger charge is -2.25. The summed E-state index contributed by atoms with van der Waals surface area (Å²) in [5.74, 6) is -0.889. The fourth-order valence-electron chi connectivity index (χ4n) is 1.33. The van der Waals surface area contributed by atoms with Crippen LogP contribution in [0.2, 0.25) is 0 Å². The number of hydrogen-bond donors (Lipinski definition) is 3. The molecule has 1 aromatic heterocycles. The van der Waals surface area contributed by atoms with Crippen LogP contribution >= 0.6 is 11.3 Å². The van der Waals surface area contributed by atoms with Crippen molar-refractivity contribution < 1.29 is 19.4 Å². The summed E-state index contributed by atoms with van der Waals surface area (Å²) in [6.45, 7) is 3.52. The minimum atomic E-state index is -0.889. The Kier molecular flexibility index (Phi) is 5.11. The van der Waals surface area contributed by atoms with E-state index >= 15 is 0 Å². The average Bonchev–Trinajstić information content (AvgIpc) is 2.73. The molecule has 0 aliphatic heterocycles. The number of carboxylic acid groups (broad SMARTS) is 1. The number of carboxylic acids is 1. The maximum atomic E-state index is 11.7. The number of carbonyl (C=O) groups excluding carboxylic acids is 1. The Hall–Kier alpha value is -1.83. The molecule has 2 amide bonds. The first-order valence-corrected chi connectivity index (χ1v) is 6.45. The normalized spacial score (nSPS) is 10.9. The van der Waals surface area contributed by atoms with Gasteiger partial charge in [0, 0.05) is 12.0 Å². The highest BCUT2D eigenvalue weighted by atomic mass is 32.1. The summed E-state index contributed by atoms with van der Waals surface area (Å²) >= 11 is 1.21. The second-order valence-corrected chi connectivity index (χ2v) is 5.54. The van der Waals surface area contributed by atoms with E-state index < -0.39 is 17.5 Å². The smallest absolute Gasteiger partial charge is 0.321 e. The van der Waals surface area contributed by atoms with Gasteiger partial charge in [0.1, 0.15) is 0 Å². The first-order valence-electron chi connectivity index (χ1n) is 5.63. The number of carbonyl (C=O) groups is 2. The summed E-state index contributed by atoms with van der Waals surface area (Å²) in [5, 5.41) is 14.9. The Morgan fingerprint density at radius 1 is 1.53 bits per heavy atom. The van der Waals surface area contributed by atoms with E-state index in [0.29, 0.717) is 16.6 Å². The molecule has 0 aromatic carbocycles. The largest absolute Gasteiger partial charge is 0.486 e. The SMILES string of the molecule is COc1cnc(NC(=O)NC(C)(C)CCC(=O)O)s1. The molecule has 19 heavy (non-hydrogen) atoms. The Morgan fingerprint density at radius 3 is 2.74 bits per heavy atom. The number of aromatic nitrogens is 1. The van der Waals surface area contributed by atoms with Gasteiger partial charge in [-0.2, -0.15) is 0 Å². The maximum absolute atomic E-state index is 11.7. The minimum absolute atomic E-state index is 0.00163. The van der Waals surface area contributed by atoms with Crippen LogP contribution in [0.1, 0.15) is 26.7 Å². The van der Waals surface area contributed by atoms with Gasteiger partial charge in [0.2, 0.25) is 0 Å². The molecule has 0 bridgehead atoms. The average molecular weight is 287 g/mol. The second kappa shape index (κ2) is 6.37. The molecule has 0 fully saturated rings. The van der Waals surface area contributed by atoms with Crippen molar-refractivity contribution >= 4 is 28.5 Å². The third kappa shape index (κ3) is 5.56. The van der Waals surface area contributed by atoms with Crippen molar-refractivity contribution in [2.45, 2.75) is 32.2 Å². The molecule has 1 rings (SSSR count). The van der Waals surface area contributed by atoms with Crippen molar-refractivity contribution in [3.8, 4) is 5.06 Å². The molecule has 0 aliphatic carbocycles. The van der Waals surface area contributed by atoms with E-state index in [1.54, 1.807) is 13.8 Å². The Labute approximate surface area is 115 Å². The van der Waals surface area contributed by atoms with Crippen molar-refractivity contribution in [1.82, 2.24) is 10.3 Å². The molecule has 0 atom stereocenters. The van der Waals surface area contributed by atoms with Gasteiger partial charge in [-0.3, -0.25) is 10.1 Å². The summed E-state index contributed by atoms with van der Waals surface area (Å²) in [6, 6.07) is -0.424. The van der Waals surface area contributed by atoms with Crippen molar-refractivity contribution in [3.63, 3.8) is 0 Å². The molecular formula is C11H17N3O4S. The van der Waals surface area contributed by atoms with Gasteiger partial charge in [-0.1, -0.05) is 11.3 Å². The van der Waals surface area contributed by atoms with Crippen molar-refractivity contribution in [1.29, 1.82) is 0 Å². The minimum Gasteiger partial charge on any atom is -0.486 e. The van der Waals surface area contributed by atoms with Crippen LogP contribution in [0.3, 0.4) is 0 Å². The molecule has 106 valence electrons. The maximum Gasteiger partial charge on any atom is 0.321 e. The number of hydrogen-bond acceptors (Lipinski definition) is 5. The van der Waals surface area contributed by atoms with Crippen LogP contribution in [0.15, 0.2) is 6.20 Å². The third-order valence-corrected chi connectivity index (χ3v) is 3.20. The molecule has 0 radical (unpaired) electrons. The van der Waals surface area contributed by atoms with Crippen LogP contribution in [0, 0.1) is 0 Å². The zero-order chi connectivity index (χ0) is 14.5. The number of rotatable bonds is 6. The van der Waals surface area contributed by atoms with Gasteiger partial charge in [-0.25, -0.2) is 9.78 Å². The molecule has 8 heteroatoms. The van der Waals surface area contributed by atoms with E-state index in [-0.39, 0.29) is 6.42 Å². The summed E-state index contributed by atoms with van der Waals surface area (Å²) < 4.78 is 4.96. The zero-order valence-electron chi connectivity index (χ0n) is 11.0. The number of ether oxygens (including phenoxy) is 1. The molecule has 0 saturated heterocycles. The number of amides is 2. The van der Waals surface area contributed by atoms with Crippen LogP contribution in [0.5, 0.6) is 5.06 Å². The van der Waals surface area contributed by atoms with Crippen LogP contribution in [0.25, 0.3) is 0 Å². The van der Waals surface area contributed by atoms with Crippen molar-refractivity contribution in [2.75, 3.05) is 12.4 Å². The number of urea groups is 1. The third-order valence-electron chi connectivity index (χ3n) is 2.32. The number of methoxy groups -OCH3 is 1. The first kappa shape index (κ1) is 15.2. The number of thiazole rings is 1. The summed E-state index contributed by atoms with van der Waals surface area (Å²) in [7, 11) is 1.52. The van der Waals surface area contributed by atoms with Gasteiger partial charge in [0.15, 0.2) is 10.2 Å². The number of aliphatic carboxylic acids is 1. The highest BCUT2D eigenvalue weighted by Gasteiger charge is 2.22. The van der Waals surface area contributed by atoms with Crippen LogP contribution in [-0.2, 0) is 4.79 Å². The quantitative estimate of drug-likeness (QED) is 0.742. The van der Waals surface area contributed by atoms with E-state index in [2.05, 4.69) is 15.6 Å². The lowest BCUT2D eigenvalue weighted by atomic mass is 9.99. The molecule has 0 spiro atoms. The van der Waals surface area contributed by atoms with E-state index in [1.807, 2.05) is 0 Å². The van der Waals surface area contributed by atoms with Gasteiger partial charge >= 0.3 is 12.0 Å². The van der Waals surface area contributed by atoms with Gasteiger partial charge in [0.25, 0.3) is 0 Å². The number of nitrogens with zero attached hydrogens (tertiary/aromatic N) is 1. The van der Waals surface area contributed by atoms with E-state index in [1.165, 1.54) is 24.6 Å². The summed E-state index contributed by atoms with van der Waals surface area (Å²) in [6.07, 6.45) is 1.85. The molecule has 1 heterocycles. The van der Waals surface area contributed by atoms with Gasteiger partial charge in [-0.15, -0.1) is 0 Å². The molecule has 7 nitrogen and oxygen atoms in total.